The monoisotopic (exact) mass is 452 g/mol. The molecule has 0 aliphatic rings. The molecular formula is C17H33IN4O2. The van der Waals surface area contributed by atoms with E-state index in [1.54, 1.807) is 0 Å². The van der Waals surface area contributed by atoms with E-state index < -0.39 is 0 Å². The molecule has 0 aliphatic heterocycles. The maximum atomic E-state index is 5.39. The van der Waals surface area contributed by atoms with Gasteiger partial charge in [-0.15, -0.1) is 24.0 Å². The van der Waals surface area contributed by atoms with Crippen molar-refractivity contribution in [2.75, 3.05) is 26.3 Å². The quantitative estimate of drug-likeness (QED) is 0.233. The van der Waals surface area contributed by atoms with Crippen LogP contribution in [0.2, 0.25) is 0 Å². The molecule has 0 saturated heterocycles. The minimum Gasteiger partial charge on any atom is -0.382 e. The van der Waals surface area contributed by atoms with Crippen LogP contribution in [0.15, 0.2) is 9.52 Å². The Morgan fingerprint density at radius 2 is 1.92 bits per heavy atom. The van der Waals surface area contributed by atoms with Crippen molar-refractivity contribution >= 4 is 29.9 Å². The van der Waals surface area contributed by atoms with Gasteiger partial charge in [0.2, 0.25) is 0 Å². The average molecular weight is 452 g/mol. The molecule has 0 bridgehead atoms. The summed E-state index contributed by atoms with van der Waals surface area (Å²) >= 11 is 0. The van der Waals surface area contributed by atoms with Crippen molar-refractivity contribution in [2.24, 2.45) is 4.99 Å². The van der Waals surface area contributed by atoms with Crippen LogP contribution in [0.25, 0.3) is 0 Å². The van der Waals surface area contributed by atoms with E-state index in [1.807, 2.05) is 6.92 Å². The van der Waals surface area contributed by atoms with Gasteiger partial charge in [-0.05, 0) is 33.1 Å². The number of ether oxygens (including phenoxy) is 1. The van der Waals surface area contributed by atoms with Crippen LogP contribution in [-0.2, 0) is 24.1 Å². The van der Waals surface area contributed by atoms with Crippen molar-refractivity contribution in [3.63, 3.8) is 0 Å². The zero-order valence-corrected chi connectivity index (χ0v) is 17.8. The van der Waals surface area contributed by atoms with Crippen molar-refractivity contribution < 1.29 is 9.26 Å². The van der Waals surface area contributed by atoms with E-state index in [0.717, 1.165) is 75.0 Å². The minimum atomic E-state index is 0. The van der Waals surface area contributed by atoms with Crippen LogP contribution in [0.1, 0.15) is 57.6 Å². The molecule has 1 aromatic rings. The molecule has 0 amide bonds. The Labute approximate surface area is 163 Å². The van der Waals surface area contributed by atoms with E-state index in [0.29, 0.717) is 6.54 Å². The zero-order valence-electron chi connectivity index (χ0n) is 15.5. The number of guanidine groups is 1. The number of nitrogens with one attached hydrogen (secondary N) is 2. The highest BCUT2D eigenvalue weighted by molar-refractivity contribution is 14.0. The zero-order chi connectivity index (χ0) is 16.9. The maximum absolute atomic E-state index is 5.39. The molecule has 0 fully saturated rings. The summed E-state index contributed by atoms with van der Waals surface area (Å²) in [6, 6.07) is 0. The standard InChI is InChI=1S/C17H32N4O2.HI/c1-5-15-14(16(6-2)23-21-15)13-20-17(18-7-3)19-11-9-10-12-22-8-4;/h5-13H2,1-4H3,(H2,18,19,20);1H. The third-order valence-electron chi connectivity index (χ3n) is 3.56. The summed E-state index contributed by atoms with van der Waals surface area (Å²) in [4.78, 5) is 4.67. The summed E-state index contributed by atoms with van der Waals surface area (Å²) in [5.74, 6) is 1.78. The molecule has 1 heterocycles. The molecule has 6 nitrogen and oxygen atoms in total. The molecular weight excluding hydrogens is 419 g/mol. The Kier molecular flexibility index (Phi) is 14.0. The lowest BCUT2D eigenvalue weighted by Crippen LogP contribution is -2.37. The molecule has 140 valence electrons. The summed E-state index contributed by atoms with van der Waals surface area (Å²) in [6.45, 7) is 12.2. The predicted molar refractivity (Wildman–Crippen MR) is 109 cm³/mol. The second kappa shape index (κ2) is 14.5. The number of rotatable bonds is 11. The van der Waals surface area contributed by atoms with Gasteiger partial charge < -0.3 is 19.9 Å². The molecule has 1 aromatic heterocycles. The second-order valence-corrected chi connectivity index (χ2v) is 5.26. The highest BCUT2D eigenvalue weighted by atomic mass is 127. The molecule has 0 spiro atoms. The van der Waals surface area contributed by atoms with Crippen molar-refractivity contribution in [1.29, 1.82) is 0 Å². The van der Waals surface area contributed by atoms with Gasteiger partial charge in [-0.2, -0.15) is 0 Å². The van der Waals surface area contributed by atoms with E-state index in [9.17, 15) is 0 Å². The summed E-state index contributed by atoms with van der Waals surface area (Å²) in [5.41, 5.74) is 2.14. The number of aryl methyl sites for hydroxylation is 2. The number of hydrogen-bond donors (Lipinski definition) is 2. The molecule has 0 aliphatic carbocycles. The Hall–Kier alpha value is -0.830. The van der Waals surface area contributed by atoms with Crippen molar-refractivity contribution in [1.82, 2.24) is 15.8 Å². The number of halogens is 1. The van der Waals surface area contributed by atoms with E-state index in [2.05, 4.69) is 41.6 Å². The molecule has 0 aromatic carbocycles. The molecule has 0 unspecified atom stereocenters. The highest BCUT2D eigenvalue weighted by Crippen LogP contribution is 2.16. The fourth-order valence-electron chi connectivity index (χ4n) is 2.30. The highest BCUT2D eigenvalue weighted by Gasteiger charge is 2.12. The van der Waals surface area contributed by atoms with Gasteiger partial charge >= 0.3 is 0 Å². The fourth-order valence-corrected chi connectivity index (χ4v) is 2.30. The third-order valence-corrected chi connectivity index (χ3v) is 3.56. The van der Waals surface area contributed by atoms with Gasteiger partial charge in [-0.25, -0.2) is 4.99 Å². The van der Waals surface area contributed by atoms with Crippen molar-refractivity contribution in [2.45, 2.75) is 59.9 Å². The Bertz CT molecular complexity index is 442. The first-order chi connectivity index (χ1) is 11.3. The van der Waals surface area contributed by atoms with Crippen molar-refractivity contribution in [3.8, 4) is 0 Å². The first-order valence-electron chi connectivity index (χ1n) is 8.82. The molecule has 2 N–H and O–H groups in total. The lowest BCUT2D eigenvalue weighted by Gasteiger charge is -2.11. The van der Waals surface area contributed by atoms with Gasteiger partial charge in [0, 0.05) is 38.3 Å². The van der Waals surface area contributed by atoms with Crippen LogP contribution in [0.5, 0.6) is 0 Å². The van der Waals surface area contributed by atoms with Crippen LogP contribution in [-0.4, -0.2) is 37.4 Å². The molecule has 24 heavy (non-hydrogen) atoms. The lowest BCUT2D eigenvalue weighted by molar-refractivity contribution is 0.143. The molecule has 0 atom stereocenters. The van der Waals surface area contributed by atoms with Crippen molar-refractivity contribution in [3.05, 3.63) is 17.0 Å². The van der Waals surface area contributed by atoms with E-state index in [-0.39, 0.29) is 24.0 Å². The summed E-state index contributed by atoms with van der Waals surface area (Å²) in [5, 5.41) is 10.8. The van der Waals surface area contributed by atoms with Crippen LogP contribution in [0, 0.1) is 0 Å². The molecule has 0 radical (unpaired) electrons. The normalized spacial score (nSPS) is 11.2. The smallest absolute Gasteiger partial charge is 0.191 e. The first-order valence-corrected chi connectivity index (χ1v) is 8.82. The van der Waals surface area contributed by atoms with Crippen LogP contribution in [0.3, 0.4) is 0 Å². The minimum absolute atomic E-state index is 0. The van der Waals surface area contributed by atoms with Crippen LogP contribution >= 0.6 is 24.0 Å². The van der Waals surface area contributed by atoms with Gasteiger partial charge in [0.15, 0.2) is 5.96 Å². The van der Waals surface area contributed by atoms with E-state index in [4.69, 9.17) is 9.26 Å². The molecule has 7 heteroatoms. The Morgan fingerprint density at radius 1 is 1.12 bits per heavy atom. The van der Waals surface area contributed by atoms with Gasteiger partial charge in [0.1, 0.15) is 5.76 Å². The van der Waals surface area contributed by atoms with E-state index >= 15 is 0 Å². The summed E-state index contributed by atoms with van der Waals surface area (Å²) < 4.78 is 10.7. The number of aliphatic imine (C=N–C) groups is 1. The van der Waals surface area contributed by atoms with Gasteiger partial charge in [-0.3, -0.25) is 0 Å². The number of aromatic nitrogens is 1. The third kappa shape index (κ3) is 8.32. The Balaban J connectivity index is 0.00000529. The summed E-state index contributed by atoms with van der Waals surface area (Å²) in [6.07, 6.45) is 3.85. The predicted octanol–water partition coefficient (Wildman–Crippen LogP) is 3.29. The number of unbranched alkanes of at least 4 members (excludes halogenated alkanes) is 1. The van der Waals surface area contributed by atoms with E-state index in [1.165, 1.54) is 0 Å². The molecule has 0 saturated carbocycles. The fraction of sp³-hybridized carbons (Fsp3) is 0.765. The largest absolute Gasteiger partial charge is 0.382 e. The van der Waals surface area contributed by atoms with Gasteiger partial charge in [0.25, 0.3) is 0 Å². The molecule has 1 rings (SSSR count). The number of nitrogens with zero attached hydrogens (tertiary/aromatic N) is 2. The average Bonchev–Trinajstić information content (AvgIpc) is 2.97. The van der Waals surface area contributed by atoms with Gasteiger partial charge in [-0.1, -0.05) is 19.0 Å². The topological polar surface area (TPSA) is 71.7 Å². The SMILES string of the molecule is CCNC(=NCc1c(CC)noc1CC)NCCCCOCC.I. The van der Waals surface area contributed by atoms with Crippen LogP contribution in [0.4, 0.5) is 0 Å². The first kappa shape index (κ1) is 23.2. The summed E-state index contributed by atoms with van der Waals surface area (Å²) in [7, 11) is 0. The van der Waals surface area contributed by atoms with Gasteiger partial charge in [0.05, 0.1) is 12.2 Å². The van der Waals surface area contributed by atoms with Crippen LogP contribution < -0.4 is 10.6 Å². The second-order valence-electron chi connectivity index (χ2n) is 5.26. The maximum Gasteiger partial charge on any atom is 0.191 e. The lowest BCUT2D eigenvalue weighted by atomic mass is 10.1. The number of hydrogen-bond acceptors (Lipinski definition) is 4. The Morgan fingerprint density at radius 3 is 2.54 bits per heavy atom.